The van der Waals surface area contributed by atoms with Gasteiger partial charge in [0.15, 0.2) is 0 Å². The van der Waals surface area contributed by atoms with Gasteiger partial charge < -0.3 is 14.5 Å². The molecular formula is C21H25BrCl2N2O. The Morgan fingerprint density at radius 1 is 1.00 bits per heavy atom. The highest BCUT2D eigenvalue weighted by atomic mass is 79.9. The molecule has 0 N–H and O–H groups in total. The molecule has 1 saturated heterocycles. The van der Waals surface area contributed by atoms with E-state index in [1.807, 2.05) is 24.3 Å². The molecule has 146 valence electrons. The largest absolute Gasteiger partial charge is 0.489 e. The maximum Gasteiger partial charge on any atom is 0.123 e. The van der Waals surface area contributed by atoms with E-state index in [0.29, 0.717) is 16.7 Å². The van der Waals surface area contributed by atoms with E-state index in [1.165, 1.54) is 5.56 Å². The first-order valence-electron chi connectivity index (χ1n) is 9.27. The first-order chi connectivity index (χ1) is 13.0. The Balaban J connectivity index is 1.57. The van der Waals surface area contributed by atoms with Crippen LogP contribution < -0.4 is 4.74 Å². The van der Waals surface area contributed by atoms with Gasteiger partial charge in [-0.25, -0.2) is 0 Å². The average Bonchev–Trinajstić information content (AvgIpc) is 2.64. The number of hydrogen-bond donors (Lipinski definition) is 0. The first kappa shape index (κ1) is 20.9. The molecule has 1 fully saturated rings. The third kappa shape index (κ3) is 6.37. The van der Waals surface area contributed by atoms with Crippen LogP contribution >= 0.6 is 39.1 Å². The van der Waals surface area contributed by atoms with Crippen LogP contribution in [0.1, 0.15) is 17.5 Å². The summed E-state index contributed by atoms with van der Waals surface area (Å²) in [6, 6.07) is 11.7. The molecule has 27 heavy (non-hydrogen) atoms. The maximum atomic E-state index is 6.26. The summed E-state index contributed by atoms with van der Waals surface area (Å²) in [5, 5.41) is 1.27. The monoisotopic (exact) mass is 470 g/mol. The molecule has 1 aliphatic rings. The zero-order chi connectivity index (χ0) is 19.2. The van der Waals surface area contributed by atoms with Crippen LogP contribution in [0.15, 0.2) is 40.9 Å². The standard InChI is InChI=1S/C21H25BrCl2N2O/c1-25-9-11-26(12-10-25)8-2-3-16-13-18(22)5-7-21(16)27-15-17-4-6-19(23)14-20(17)24/h4-7,13-14H,2-3,8-12,15H2,1H3. The molecule has 0 radical (unpaired) electrons. The molecule has 0 aliphatic carbocycles. The van der Waals surface area contributed by atoms with Gasteiger partial charge in [0, 0.05) is 46.3 Å². The number of nitrogens with zero attached hydrogens (tertiary/aromatic N) is 2. The van der Waals surface area contributed by atoms with Crippen molar-refractivity contribution in [3.05, 3.63) is 62.0 Å². The molecule has 0 amide bonds. The molecule has 0 bridgehead atoms. The lowest BCUT2D eigenvalue weighted by atomic mass is 10.1. The Bertz CT molecular complexity index is 764. The molecule has 2 aromatic carbocycles. The third-order valence-electron chi connectivity index (χ3n) is 4.94. The van der Waals surface area contributed by atoms with Gasteiger partial charge in [0.25, 0.3) is 0 Å². The van der Waals surface area contributed by atoms with Crippen molar-refractivity contribution >= 4 is 39.1 Å². The lowest BCUT2D eigenvalue weighted by Gasteiger charge is -2.32. The Morgan fingerprint density at radius 2 is 1.78 bits per heavy atom. The summed E-state index contributed by atoms with van der Waals surface area (Å²) in [4.78, 5) is 4.94. The van der Waals surface area contributed by atoms with Crippen LogP contribution in [0.5, 0.6) is 5.75 Å². The van der Waals surface area contributed by atoms with Crippen LogP contribution in [0.25, 0.3) is 0 Å². The van der Waals surface area contributed by atoms with Crippen molar-refractivity contribution in [1.29, 1.82) is 0 Å². The van der Waals surface area contributed by atoms with Crippen molar-refractivity contribution in [1.82, 2.24) is 9.80 Å². The van der Waals surface area contributed by atoms with Crippen LogP contribution in [0.4, 0.5) is 0 Å². The fraction of sp³-hybridized carbons (Fsp3) is 0.429. The predicted molar refractivity (Wildman–Crippen MR) is 117 cm³/mol. The Labute approximate surface area is 180 Å². The van der Waals surface area contributed by atoms with Gasteiger partial charge in [-0.05, 0) is 62.3 Å². The fourth-order valence-corrected chi connectivity index (χ4v) is 4.11. The number of hydrogen-bond acceptors (Lipinski definition) is 3. The molecule has 2 aromatic rings. The van der Waals surface area contributed by atoms with Crippen LogP contribution in [0.3, 0.4) is 0 Å². The first-order valence-corrected chi connectivity index (χ1v) is 10.8. The molecule has 0 saturated carbocycles. The molecule has 0 atom stereocenters. The Kier molecular flexibility index (Phi) is 7.86. The minimum Gasteiger partial charge on any atom is -0.489 e. The van der Waals surface area contributed by atoms with Gasteiger partial charge >= 0.3 is 0 Å². The molecule has 1 aliphatic heterocycles. The Morgan fingerprint density at radius 3 is 2.52 bits per heavy atom. The maximum absolute atomic E-state index is 6.26. The van der Waals surface area contributed by atoms with E-state index >= 15 is 0 Å². The second kappa shape index (κ2) is 10.1. The van der Waals surface area contributed by atoms with E-state index in [1.54, 1.807) is 6.07 Å². The number of benzene rings is 2. The smallest absolute Gasteiger partial charge is 0.123 e. The van der Waals surface area contributed by atoms with Crippen LogP contribution in [-0.2, 0) is 13.0 Å². The van der Waals surface area contributed by atoms with E-state index in [-0.39, 0.29) is 0 Å². The summed E-state index contributed by atoms with van der Waals surface area (Å²) >= 11 is 15.8. The minimum absolute atomic E-state index is 0.434. The normalized spacial score (nSPS) is 15.9. The van der Waals surface area contributed by atoms with Crippen LogP contribution in [-0.4, -0.2) is 49.6 Å². The van der Waals surface area contributed by atoms with Gasteiger partial charge in [-0.3, -0.25) is 0 Å². The van der Waals surface area contributed by atoms with Crippen LogP contribution in [0.2, 0.25) is 10.0 Å². The van der Waals surface area contributed by atoms with Gasteiger partial charge in [-0.2, -0.15) is 0 Å². The summed E-state index contributed by atoms with van der Waals surface area (Å²) in [7, 11) is 2.19. The molecule has 3 rings (SSSR count). The molecule has 0 spiro atoms. The van der Waals surface area contributed by atoms with Crippen molar-refractivity contribution in [3.8, 4) is 5.75 Å². The predicted octanol–water partition coefficient (Wildman–Crippen LogP) is 5.51. The number of halogens is 3. The van der Waals surface area contributed by atoms with E-state index in [9.17, 15) is 0 Å². The topological polar surface area (TPSA) is 15.7 Å². The summed E-state index contributed by atoms with van der Waals surface area (Å²) in [6.07, 6.45) is 2.12. The summed E-state index contributed by atoms with van der Waals surface area (Å²) in [5.74, 6) is 0.919. The molecule has 1 heterocycles. The van der Waals surface area contributed by atoms with Gasteiger partial charge in [-0.1, -0.05) is 45.2 Å². The molecular weight excluding hydrogens is 447 g/mol. The molecule has 6 heteroatoms. The molecule has 3 nitrogen and oxygen atoms in total. The average molecular weight is 472 g/mol. The van der Waals surface area contributed by atoms with Gasteiger partial charge in [-0.15, -0.1) is 0 Å². The molecule has 0 aromatic heterocycles. The van der Waals surface area contributed by atoms with Gasteiger partial charge in [0.1, 0.15) is 12.4 Å². The number of ether oxygens (including phenoxy) is 1. The van der Waals surface area contributed by atoms with E-state index in [0.717, 1.165) is 61.4 Å². The van der Waals surface area contributed by atoms with Crippen molar-refractivity contribution < 1.29 is 4.74 Å². The van der Waals surface area contributed by atoms with Gasteiger partial charge in [0.05, 0.1) is 0 Å². The van der Waals surface area contributed by atoms with Crippen molar-refractivity contribution in [2.75, 3.05) is 39.8 Å². The van der Waals surface area contributed by atoms with Gasteiger partial charge in [0.2, 0.25) is 0 Å². The van der Waals surface area contributed by atoms with Crippen molar-refractivity contribution in [3.63, 3.8) is 0 Å². The number of piperazine rings is 1. The lowest BCUT2D eigenvalue weighted by Crippen LogP contribution is -2.44. The number of rotatable bonds is 7. The van der Waals surface area contributed by atoms with E-state index in [4.69, 9.17) is 27.9 Å². The highest BCUT2D eigenvalue weighted by Crippen LogP contribution is 2.27. The summed E-state index contributed by atoms with van der Waals surface area (Å²) < 4.78 is 7.16. The van der Waals surface area contributed by atoms with Crippen molar-refractivity contribution in [2.24, 2.45) is 0 Å². The number of aryl methyl sites for hydroxylation is 1. The van der Waals surface area contributed by atoms with E-state index < -0.39 is 0 Å². The third-order valence-corrected chi connectivity index (χ3v) is 6.02. The second-order valence-electron chi connectivity index (χ2n) is 7.02. The highest BCUT2D eigenvalue weighted by Gasteiger charge is 2.14. The van der Waals surface area contributed by atoms with Crippen molar-refractivity contribution in [2.45, 2.75) is 19.4 Å². The second-order valence-corrected chi connectivity index (χ2v) is 8.78. The SMILES string of the molecule is CN1CCN(CCCc2cc(Br)ccc2OCc2ccc(Cl)cc2Cl)CC1. The summed E-state index contributed by atoms with van der Waals surface area (Å²) in [5.41, 5.74) is 2.16. The molecule has 0 unspecified atom stereocenters. The van der Waals surface area contributed by atoms with Crippen LogP contribution in [0, 0.1) is 0 Å². The fourth-order valence-electron chi connectivity index (χ4n) is 3.24. The zero-order valence-electron chi connectivity index (χ0n) is 15.6. The minimum atomic E-state index is 0.434. The summed E-state index contributed by atoms with van der Waals surface area (Å²) in [6.45, 7) is 6.20. The Hall–Kier alpha value is -0.780. The van der Waals surface area contributed by atoms with E-state index in [2.05, 4.69) is 38.8 Å². The number of likely N-dealkylation sites (N-methyl/N-ethyl adjacent to an activating group) is 1. The quantitative estimate of drug-likeness (QED) is 0.529. The highest BCUT2D eigenvalue weighted by molar-refractivity contribution is 9.10. The zero-order valence-corrected chi connectivity index (χ0v) is 18.7. The lowest BCUT2D eigenvalue weighted by molar-refractivity contribution is 0.153.